The van der Waals surface area contributed by atoms with Crippen LogP contribution in [-0.4, -0.2) is 23.4 Å². The Kier molecular flexibility index (Phi) is 7.43. The van der Waals surface area contributed by atoms with Crippen LogP contribution < -0.4 is 5.73 Å². The van der Waals surface area contributed by atoms with Gasteiger partial charge in [-0.3, -0.25) is 4.79 Å². The fourth-order valence-electron chi connectivity index (χ4n) is 2.13. The molecule has 3 nitrogen and oxygen atoms in total. The molecule has 0 fully saturated rings. The zero-order valence-electron chi connectivity index (χ0n) is 12.1. The Bertz CT molecular complexity index is 530. The minimum atomic E-state index is -0.475. The van der Waals surface area contributed by atoms with Crippen LogP contribution in [0.3, 0.4) is 0 Å². The zero-order valence-corrected chi connectivity index (χ0v) is 13.7. The Morgan fingerprint density at radius 2 is 1.95 bits per heavy atom. The molecule has 21 heavy (non-hydrogen) atoms. The summed E-state index contributed by atoms with van der Waals surface area (Å²) in [4.78, 5) is 15.4. The number of hydrogen-bond acceptors (Lipinski definition) is 3. The lowest BCUT2D eigenvalue weighted by Gasteiger charge is -2.24. The van der Waals surface area contributed by atoms with Gasteiger partial charge in [-0.25, -0.2) is 0 Å². The van der Waals surface area contributed by atoms with Crippen molar-refractivity contribution in [3.05, 3.63) is 58.3 Å². The molecule has 2 rings (SSSR count). The predicted molar refractivity (Wildman–Crippen MR) is 90.8 cm³/mol. The highest BCUT2D eigenvalue weighted by Crippen LogP contribution is 2.13. The number of benzene rings is 1. The van der Waals surface area contributed by atoms with Crippen LogP contribution in [-0.2, 0) is 17.8 Å². The van der Waals surface area contributed by atoms with Gasteiger partial charge in [-0.05, 0) is 30.4 Å². The fourth-order valence-corrected chi connectivity index (χ4v) is 2.85. The molecular weight excluding hydrogens is 304 g/mol. The van der Waals surface area contributed by atoms with Crippen LogP contribution in [0.15, 0.2) is 47.8 Å². The third-order valence-corrected chi connectivity index (χ3v) is 4.10. The van der Waals surface area contributed by atoms with Crippen molar-refractivity contribution in [2.24, 2.45) is 5.73 Å². The first-order valence-electron chi connectivity index (χ1n) is 6.81. The maximum Gasteiger partial charge on any atom is 0.240 e. The van der Waals surface area contributed by atoms with Crippen molar-refractivity contribution in [2.75, 3.05) is 6.54 Å². The molecule has 1 unspecified atom stereocenters. The van der Waals surface area contributed by atoms with E-state index in [0.29, 0.717) is 19.5 Å². The smallest absolute Gasteiger partial charge is 0.240 e. The highest BCUT2D eigenvalue weighted by molar-refractivity contribution is 7.09. The molecular formula is C16H21ClN2OS. The molecule has 1 atom stereocenters. The highest BCUT2D eigenvalue weighted by Gasteiger charge is 2.20. The molecule has 2 N–H and O–H groups in total. The van der Waals surface area contributed by atoms with Crippen molar-refractivity contribution in [3.63, 3.8) is 0 Å². The summed E-state index contributed by atoms with van der Waals surface area (Å²) in [5, 5.41) is 2.03. The van der Waals surface area contributed by atoms with Gasteiger partial charge >= 0.3 is 0 Å². The number of nitrogens with zero attached hydrogens (tertiary/aromatic N) is 1. The van der Waals surface area contributed by atoms with Crippen LogP contribution in [0.4, 0.5) is 0 Å². The Balaban J connectivity index is 0.00000220. The summed E-state index contributed by atoms with van der Waals surface area (Å²) in [6.45, 7) is 3.31. The standard InChI is InChI=1S/C16H20N2OS.ClH/c1-2-18(12-14-9-6-10-20-14)16(19)15(17)11-13-7-4-3-5-8-13;/h3-10,15H,2,11-12,17H2,1H3;1H. The maximum absolute atomic E-state index is 12.4. The fraction of sp³-hybridized carbons (Fsp3) is 0.312. The summed E-state index contributed by atoms with van der Waals surface area (Å²) in [6, 6.07) is 13.5. The van der Waals surface area contributed by atoms with Crippen LogP contribution in [0, 0.1) is 0 Å². The number of thiophene rings is 1. The molecule has 2 aromatic rings. The molecule has 0 aliphatic carbocycles. The molecule has 0 spiro atoms. The highest BCUT2D eigenvalue weighted by atomic mass is 35.5. The van der Waals surface area contributed by atoms with E-state index in [2.05, 4.69) is 0 Å². The summed E-state index contributed by atoms with van der Waals surface area (Å²) in [5.74, 6) is 0.0183. The molecule has 0 bridgehead atoms. The van der Waals surface area contributed by atoms with Crippen LogP contribution in [0.1, 0.15) is 17.4 Å². The molecule has 1 heterocycles. The largest absolute Gasteiger partial charge is 0.336 e. The van der Waals surface area contributed by atoms with Gasteiger partial charge in [0.05, 0.1) is 12.6 Å². The molecule has 114 valence electrons. The maximum atomic E-state index is 12.4. The van der Waals surface area contributed by atoms with E-state index in [4.69, 9.17) is 5.73 Å². The normalized spacial score (nSPS) is 11.5. The minimum absolute atomic E-state index is 0. The first-order valence-corrected chi connectivity index (χ1v) is 7.69. The number of halogens is 1. The molecule has 1 amide bonds. The van der Waals surface area contributed by atoms with Crippen molar-refractivity contribution in [1.29, 1.82) is 0 Å². The van der Waals surface area contributed by atoms with Crippen molar-refractivity contribution in [1.82, 2.24) is 4.90 Å². The number of carbonyl (C=O) groups is 1. The first-order chi connectivity index (χ1) is 9.70. The van der Waals surface area contributed by atoms with E-state index in [1.807, 2.05) is 59.7 Å². The molecule has 5 heteroatoms. The van der Waals surface area contributed by atoms with E-state index < -0.39 is 6.04 Å². The van der Waals surface area contributed by atoms with Gasteiger partial charge in [0.2, 0.25) is 5.91 Å². The second kappa shape index (κ2) is 8.82. The Morgan fingerprint density at radius 3 is 2.52 bits per heavy atom. The molecule has 1 aromatic heterocycles. The van der Waals surface area contributed by atoms with E-state index in [0.717, 1.165) is 5.56 Å². The molecule has 0 saturated carbocycles. The van der Waals surface area contributed by atoms with E-state index in [9.17, 15) is 4.79 Å². The summed E-state index contributed by atoms with van der Waals surface area (Å²) in [5.41, 5.74) is 7.16. The number of nitrogens with two attached hydrogens (primary N) is 1. The van der Waals surface area contributed by atoms with Gasteiger partial charge in [-0.1, -0.05) is 36.4 Å². The number of amides is 1. The first kappa shape index (κ1) is 17.7. The average molecular weight is 325 g/mol. The van der Waals surface area contributed by atoms with Gasteiger partial charge in [0.25, 0.3) is 0 Å². The van der Waals surface area contributed by atoms with Gasteiger partial charge < -0.3 is 10.6 Å². The predicted octanol–water partition coefficient (Wildman–Crippen LogP) is 3.09. The van der Waals surface area contributed by atoms with Crippen molar-refractivity contribution < 1.29 is 4.79 Å². The zero-order chi connectivity index (χ0) is 14.4. The van der Waals surface area contributed by atoms with E-state index >= 15 is 0 Å². The molecule has 0 radical (unpaired) electrons. The van der Waals surface area contributed by atoms with E-state index in [1.54, 1.807) is 11.3 Å². The van der Waals surface area contributed by atoms with Gasteiger partial charge in [-0.2, -0.15) is 0 Å². The minimum Gasteiger partial charge on any atom is -0.336 e. The number of likely N-dealkylation sites (N-methyl/N-ethyl adjacent to an activating group) is 1. The van der Waals surface area contributed by atoms with Crippen molar-refractivity contribution in [3.8, 4) is 0 Å². The number of hydrogen-bond donors (Lipinski definition) is 1. The number of rotatable bonds is 6. The summed E-state index contributed by atoms with van der Waals surface area (Å²) in [7, 11) is 0. The Labute approximate surface area is 136 Å². The van der Waals surface area contributed by atoms with Crippen LogP contribution in [0.2, 0.25) is 0 Å². The second-order valence-corrected chi connectivity index (χ2v) is 5.76. The molecule has 1 aromatic carbocycles. The third kappa shape index (κ3) is 5.16. The molecule has 0 aliphatic heterocycles. The topological polar surface area (TPSA) is 46.3 Å². The van der Waals surface area contributed by atoms with Gasteiger partial charge in [0.15, 0.2) is 0 Å². The lowest BCUT2D eigenvalue weighted by atomic mass is 10.1. The second-order valence-electron chi connectivity index (χ2n) is 4.73. The molecule has 0 saturated heterocycles. The number of carbonyl (C=O) groups excluding carboxylic acids is 1. The summed E-state index contributed by atoms with van der Waals surface area (Å²) >= 11 is 1.67. The average Bonchev–Trinajstić information content (AvgIpc) is 2.98. The van der Waals surface area contributed by atoms with Crippen molar-refractivity contribution in [2.45, 2.75) is 25.9 Å². The van der Waals surface area contributed by atoms with E-state index in [1.165, 1.54) is 4.88 Å². The lowest BCUT2D eigenvalue weighted by molar-refractivity contribution is -0.132. The quantitative estimate of drug-likeness (QED) is 0.887. The Hall–Kier alpha value is -1.36. The van der Waals surface area contributed by atoms with Crippen LogP contribution >= 0.6 is 23.7 Å². The SMILES string of the molecule is CCN(Cc1cccs1)C(=O)C(N)Cc1ccccc1.Cl. The third-order valence-electron chi connectivity index (χ3n) is 3.24. The van der Waals surface area contributed by atoms with E-state index in [-0.39, 0.29) is 18.3 Å². The summed E-state index contributed by atoms with van der Waals surface area (Å²) < 4.78 is 0. The van der Waals surface area contributed by atoms with Crippen molar-refractivity contribution >= 4 is 29.7 Å². The van der Waals surface area contributed by atoms with Crippen LogP contribution in [0.25, 0.3) is 0 Å². The Morgan fingerprint density at radius 1 is 1.24 bits per heavy atom. The summed E-state index contributed by atoms with van der Waals surface area (Å²) in [6.07, 6.45) is 0.584. The lowest BCUT2D eigenvalue weighted by Crippen LogP contribution is -2.44. The van der Waals surface area contributed by atoms with Gasteiger partial charge in [0.1, 0.15) is 0 Å². The molecule has 0 aliphatic rings. The van der Waals surface area contributed by atoms with Gasteiger partial charge in [-0.15, -0.1) is 23.7 Å². The van der Waals surface area contributed by atoms with Crippen LogP contribution in [0.5, 0.6) is 0 Å². The van der Waals surface area contributed by atoms with Gasteiger partial charge in [0, 0.05) is 11.4 Å². The monoisotopic (exact) mass is 324 g/mol.